The summed E-state index contributed by atoms with van der Waals surface area (Å²) >= 11 is 1.51. The summed E-state index contributed by atoms with van der Waals surface area (Å²) in [6.45, 7) is 2.82. The highest BCUT2D eigenvalue weighted by molar-refractivity contribution is 7.14. The van der Waals surface area contributed by atoms with Crippen LogP contribution in [0, 0.1) is 0 Å². The van der Waals surface area contributed by atoms with E-state index in [1.807, 2.05) is 53.9 Å². The van der Waals surface area contributed by atoms with Crippen molar-refractivity contribution in [3.05, 3.63) is 59.5 Å². The average Bonchev–Trinajstić information content (AvgIpc) is 3.16. The Morgan fingerprint density at radius 2 is 2.00 bits per heavy atom. The minimum atomic E-state index is 0.731. The first-order valence-corrected chi connectivity index (χ1v) is 9.28. The minimum Gasteiger partial charge on any atom is -0.497 e. The summed E-state index contributed by atoms with van der Waals surface area (Å²) in [4.78, 5) is 4.55. The monoisotopic (exact) mass is 367 g/mol. The SMILES string of the molecule is CCCOc1ccc(/C=N\Nc2nc(-c3cccc(OC)c3)cs2)cc1. The molecule has 1 aromatic heterocycles. The van der Waals surface area contributed by atoms with Gasteiger partial charge in [0.05, 0.1) is 25.6 Å². The minimum absolute atomic E-state index is 0.731. The number of aromatic nitrogens is 1. The highest BCUT2D eigenvalue weighted by Gasteiger charge is 2.05. The van der Waals surface area contributed by atoms with Crippen molar-refractivity contribution < 1.29 is 9.47 Å². The molecule has 0 fully saturated rings. The summed E-state index contributed by atoms with van der Waals surface area (Å²) in [5.41, 5.74) is 5.87. The molecule has 26 heavy (non-hydrogen) atoms. The van der Waals surface area contributed by atoms with Gasteiger partial charge in [-0.25, -0.2) is 4.98 Å². The Balaban J connectivity index is 1.59. The van der Waals surface area contributed by atoms with Crippen molar-refractivity contribution in [3.63, 3.8) is 0 Å². The highest BCUT2D eigenvalue weighted by atomic mass is 32.1. The van der Waals surface area contributed by atoms with Crippen molar-refractivity contribution in [2.24, 2.45) is 5.10 Å². The number of thiazole rings is 1. The fourth-order valence-electron chi connectivity index (χ4n) is 2.27. The number of nitrogens with one attached hydrogen (secondary N) is 1. The Labute approximate surface area is 157 Å². The number of hydrogen-bond acceptors (Lipinski definition) is 6. The summed E-state index contributed by atoms with van der Waals surface area (Å²) in [6, 6.07) is 15.7. The second kappa shape index (κ2) is 9.01. The zero-order valence-corrected chi connectivity index (χ0v) is 15.6. The molecule has 3 rings (SSSR count). The van der Waals surface area contributed by atoms with E-state index in [2.05, 4.69) is 22.4 Å². The lowest BCUT2D eigenvalue weighted by molar-refractivity contribution is 0.317. The molecule has 0 atom stereocenters. The van der Waals surface area contributed by atoms with Gasteiger partial charge < -0.3 is 9.47 Å². The first-order chi connectivity index (χ1) is 12.8. The third-order valence-corrected chi connectivity index (χ3v) is 4.34. The molecule has 0 saturated heterocycles. The van der Waals surface area contributed by atoms with Crippen LogP contribution in [-0.2, 0) is 0 Å². The zero-order valence-electron chi connectivity index (χ0n) is 14.8. The van der Waals surface area contributed by atoms with Crippen LogP contribution in [0.2, 0.25) is 0 Å². The lowest BCUT2D eigenvalue weighted by atomic mass is 10.2. The zero-order chi connectivity index (χ0) is 18.2. The molecule has 0 saturated carbocycles. The smallest absolute Gasteiger partial charge is 0.203 e. The van der Waals surface area contributed by atoms with Crippen LogP contribution >= 0.6 is 11.3 Å². The van der Waals surface area contributed by atoms with Crippen molar-refractivity contribution in [3.8, 4) is 22.8 Å². The molecule has 5 nitrogen and oxygen atoms in total. The van der Waals surface area contributed by atoms with E-state index in [9.17, 15) is 0 Å². The van der Waals surface area contributed by atoms with Gasteiger partial charge in [0.2, 0.25) is 5.13 Å². The van der Waals surface area contributed by atoms with Crippen LogP contribution in [0.5, 0.6) is 11.5 Å². The summed E-state index contributed by atoms with van der Waals surface area (Å²) in [5, 5.41) is 6.98. The lowest BCUT2D eigenvalue weighted by Gasteiger charge is -2.03. The van der Waals surface area contributed by atoms with Gasteiger partial charge in [-0.1, -0.05) is 19.1 Å². The standard InChI is InChI=1S/C20H21N3O2S/c1-3-11-25-17-9-7-15(8-10-17)13-21-23-20-22-19(14-26-20)16-5-4-6-18(12-16)24-2/h4-10,12-14H,3,11H2,1-2H3,(H,22,23)/b21-13-. The summed E-state index contributed by atoms with van der Waals surface area (Å²) in [5.74, 6) is 1.69. The van der Waals surface area contributed by atoms with Crippen LogP contribution < -0.4 is 14.9 Å². The molecule has 0 unspecified atom stereocenters. The van der Waals surface area contributed by atoms with Crippen LogP contribution in [0.1, 0.15) is 18.9 Å². The number of nitrogens with zero attached hydrogens (tertiary/aromatic N) is 2. The molecular formula is C20H21N3O2S. The molecule has 1 N–H and O–H groups in total. The lowest BCUT2D eigenvalue weighted by Crippen LogP contribution is -1.95. The Kier molecular flexibility index (Phi) is 6.22. The second-order valence-electron chi connectivity index (χ2n) is 5.56. The molecular weight excluding hydrogens is 346 g/mol. The van der Waals surface area contributed by atoms with E-state index < -0.39 is 0 Å². The average molecular weight is 367 g/mol. The van der Waals surface area contributed by atoms with Crippen LogP contribution in [0.4, 0.5) is 5.13 Å². The van der Waals surface area contributed by atoms with Gasteiger partial charge in [-0.3, -0.25) is 5.43 Å². The van der Waals surface area contributed by atoms with Gasteiger partial charge in [0.25, 0.3) is 0 Å². The topological polar surface area (TPSA) is 55.7 Å². The van der Waals surface area contributed by atoms with Gasteiger partial charge in [-0.15, -0.1) is 11.3 Å². The summed E-state index contributed by atoms with van der Waals surface area (Å²) in [7, 11) is 1.66. The Morgan fingerprint density at radius 3 is 2.77 bits per heavy atom. The van der Waals surface area contributed by atoms with E-state index in [0.29, 0.717) is 0 Å². The molecule has 0 amide bonds. The van der Waals surface area contributed by atoms with E-state index in [4.69, 9.17) is 9.47 Å². The molecule has 0 radical (unpaired) electrons. The molecule has 2 aromatic carbocycles. The number of benzene rings is 2. The third-order valence-electron chi connectivity index (χ3n) is 3.60. The predicted octanol–water partition coefficient (Wildman–Crippen LogP) is 5.05. The first-order valence-electron chi connectivity index (χ1n) is 8.40. The van der Waals surface area contributed by atoms with Gasteiger partial charge in [0.15, 0.2) is 0 Å². The molecule has 3 aromatic rings. The summed E-state index contributed by atoms with van der Waals surface area (Å²) in [6.07, 6.45) is 2.76. The van der Waals surface area contributed by atoms with Crippen molar-refractivity contribution in [1.29, 1.82) is 0 Å². The Morgan fingerprint density at radius 1 is 1.15 bits per heavy atom. The number of methoxy groups -OCH3 is 1. The van der Waals surface area contributed by atoms with Gasteiger partial charge in [0.1, 0.15) is 11.5 Å². The number of hydrogen-bond donors (Lipinski definition) is 1. The predicted molar refractivity (Wildman–Crippen MR) is 108 cm³/mol. The van der Waals surface area contributed by atoms with Crippen LogP contribution in [-0.4, -0.2) is 24.9 Å². The molecule has 1 heterocycles. The molecule has 0 bridgehead atoms. The first kappa shape index (κ1) is 17.9. The fourth-order valence-corrected chi connectivity index (χ4v) is 2.94. The molecule has 0 aliphatic heterocycles. The van der Waals surface area contributed by atoms with E-state index in [-0.39, 0.29) is 0 Å². The van der Waals surface area contributed by atoms with E-state index in [1.54, 1.807) is 13.3 Å². The molecule has 6 heteroatoms. The van der Waals surface area contributed by atoms with Crippen molar-refractivity contribution in [2.45, 2.75) is 13.3 Å². The maximum Gasteiger partial charge on any atom is 0.203 e. The van der Waals surface area contributed by atoms with Gasteiger partial charge in [-0.05, 0) is 48.4 Å². The molecule has 134 valence electrons. The van der Waals surface area contributed by atoms with Gasteiger partial charge in [-0.2, -0.15) is 5.10 Å². The second-order valence-corrected chi connectivity index (χ2v) is 6.42. The van der Waals surface area contributed by atoms with Crippen molar-refractivity contribution in [2.75, 3.05) is 19.1 Å². The van der Waals surface area contributed by atoms with Crippen molar-refractivity contribution in [1.82, 2.24) is 4.98 Å². The third kappa shape index (κ3) is 4.83. The van der Waals surface area contributed by atoms with Crippen molar-refractivity contribution >= 4 is 22.7 Å². The maximum atomic E-state index is 5.57. The van der Waals surface area contributed by atoms with Gasteiger partial charge >= 0.3 is 0 Å². The fraction of sp³-hybridized carbons (Fsp3) is 0.200. The highest BCUT2D eigenvalue weighted by Crippen LogP contribution is 2.27. The number of ether oxygens (including phenoxy) is 2. The number of hydrazone groups is 1. The van der Waals surface area contributed by atoms with Crippen LogP contribution in [0.15, 0.2) is 59.0 Å². The number of anilines is 1. The normalized spacial score (nSPS) is 10.8. The Hall–Kier alpha value is -2.86. The summed E-state index contributed by atoms with van der Waals surface area (Å²) < 4.78 is 10.8. The molecule has 0 spiro atoms. The molecule has 0 aliphatic rings. The van der Waals surface area contributed by atoms with E-state index >= 15 is 0 Å². The molecule has 0 aliphatic carbocycles. The largest absolute Gasteiger partial charge is 0.497 e. The van der Waals surface area contributed by atoms with Crippen LogP contribution in [0.25, 0.3) is 11.3 Å². The number of rotatable bonds is 8. The maximum absolute atomic E-state index is 5.57. The van der Waals surface area contributed by atoms with Gasteiger partial charge in [0, 0.05) is 10.9 Å². The van der Waals surface area contributed by atoms with Crippen LogP contribution in [0.3, 0.4) is 0 Å². The quantitative estimate of drug-likeness (QED) is 0.447. The Bertz CT molecular complexity index is 860. The van der Waals surface area contributed by atoms with E-state index in [0.717, 1.165) is 46.5 Å². The van der Waals surface area contributed by atoms with E-state index in [1.165, 1.54) is 11.3 Å².